The van der Waals surface area contributed by atoms with E-state index >= 15 is 0 Å². The molecule has 1 amide bonds. The van der Waals surface area contributed by atoms with Gasteiger partial charge in [0.25, 0.3) is 0 Å². The number of ether oxygens (including phenoxy) is 3. The van der Waals surface area contributed by atoms with Crippen LogP contribution in [0.1, 0.15) is 27.7 Å². The predicted molar refractivity (Wildman–Crippen MR) is 70.9 cm³/mol. The summed E-state index contributed by atoms with van der Waals surface area (Å²) in [6.45, 7) is 6.85. The fraction of sp³-hybridized carbons (Fsp3) is 0.615. The van der Waals surface area contributed by atoms with E-state index in [0.717, 1.165) is 12.2 Å². The number of rotatable bonds is 5. The summed E-state index contributed by atoms with van der Waals surface area (Å²) in [6, 6.07) is -0.416. The van der Waals surface area contributed by atoms with E-state index < -0.39 is 29.7 Å². The van der Waals surface area contributed by atoms with Crippen molar-refractivity contribution in [3.05, 3.63) is 12.2 Å². The Balaban J connectivity index is 4.02. The number of methoxy groups -OCH3 is 1. The zero-order chi connectivity index (χ0) is 15.8. The molecule has 1 N–H and O–H groups in total. The lowest BCUT2D eigenvalue weighted by Gasteiger charge is -2.21. The van der Waals surface area contributed by atoms with Gasteiger partial charge in [0.05, 0.1) is 13.2 Å². The third kappa shape index (κ3) is 9.93. The van der Waals surface area contributed by atoms with E-state index in [1.54, 1.807) is 27.7 Å². The van der Waals surface area contributed by atoms with Crippen molar-refractivity contribution in [1.82, 2.24) is 5.32 Å². The molecule has 7 heteroatoms. The first-order chi connectivity index (χ1) is 9.14. The molecule has 1 atom stereocenters. The number of hydrogen-bond acceptors (Lipinski definition) is 6. The minimum absolute atomic E-state index is 0.0381. The highest BCUT2D eigenvalue weighted by molar-refractivity contribution is 5.91. The maximum absolute atomic E-state index is 11.4. The number of carbonyl (C=O) groups is 3. The lowest BCUT2D eigenvalue weighted by atomic mass is 10.2. The van der Waals surface area contributed by atoms with Gasteiger partial charge in [-0.3, -0.25) is 0 Å². The highest BCUT2D eigenvalue weighted by Gasteiger charge is 2.18. The fourth-order valence-corrected chi connectivity index (χ4v) is 1.01. The number of esters is 2. The average molecular weight is 287 g/mol. The van der Waals surface area contributed by atoms with E-state index in [-0.39, 0.29) is 6.61 Å². The Kier molecular flexibility index (Phi) is 7.35. The molecule has 0 saturated heterocycles. The summed E-state index contributed by atoms with van der Waals surface area (Å²) in [6.07, 6.45) is 1.31. The molecule has 0 aliphatic rings. The molecule has 0 bridgehead atoms. The maximum Gasteiger partial charge on any atom is 0.407 e. The molecule has 114 valence electrons. The topological polar surface area (TPSA) is 90.9 Å². The Morgan fingerprint density at radius 3 is 2.20 bits per heavy atom. The molecule has 0 aromatic carbocycles. The molecule has 7 nitrogen and oxygen atoms in total. The molecule has 20 heavy (non-hydrogen) atoms. The summed E-state index contributed by atoms with van der Waals surface area (Å²) in [5, 5.41) is 2.51. The first-order valence-electron chi connectivity index (χ1n) is 6.06. The van der Waals surface area contributed by atoms with Crippen molar-refractivity contribution in [3.8, 4) is 0 Å². The number of alkyl carbamates (subject to hydrolysis) is 1. The largest absolute Gasteiger partial charge is 0.466 e. The smallest absolute Gasteiger partial charge is 0.407 e. The Bertz CT molecular complexity index is 383. The van der Waals surface area contributed by atoms with Crippen LogP contribution in [-0.4, -0.2) is 43.4 Å². The van der Waals surface area contributed by atoms with Crippen molar-refractivity contribution in [1.29, 1.82) is 0 Å². The maximum atomic E-state index is 11.4. The molecule has 0 saturated carbocycles. The van der Waals surface area contributed by atoms with Gasteiger partial charge in [-0.2, -0.15) is 0 Å². The van der Waals surface area contributed by atoms with Crippen LogP contribution in [0, 0.1) is 0 Å². The van der Waals surface area contributed by atoms with E-state index in [0.29, 0.717) is 0 Å². The Labute approximate surface area is 118 Å². The van der Waals surface area contributed by atoms with Crippen LogP contribution >= 0.6 is 0 Å². The predicted octanol–water partition coefficient (Wildman–Crippen LogP) is 1.17. The lowest BCUT2D eigenvalue weighted by molar-refractivity contribution is -0.139. The second kappa shape index (κ2) is 8.19. The van der Waals surface area contributed by atoms with Crippen LogP contribution in [0.25, 0.3) is 0 Å². The summed E-state index contributed by atoms with van der Waals surface area (Å²) >= 11 is 0. The summed E-state index contributed by atoms with van der Waals surface area (Å²) in [5.41, 5.74) is -0.594. The van der Waals surface area contributed by atoms with Gasteiger partial charge >= 0.3 is 18.0 Å². The van der Waals surface area contributed by atoms with Crippen LogP contribution < -0.4 is 5.32 Å². The van der Waals surface area contributed by atoms with E-state index in [4.69, 9.17) is 9.47 Å². The van der Waals surface area contributed by atoms with E-state index in [9.17, 15) is 14.4 Å². The van der Waals surface area contributed by atoms with Crippen molar-refractivity contribution >= 4 is 18.0 Å². The molecule has 0 aliphatic heterocycles. The van der Waals surface area contributed by atoms with Gasteiger partial charge in [-0.1, -0.05) is 0 Å². The van der Waals surface area contributed by atoms with Crippen LogP contribution in [0.15, 0.2) is 12.2 Å². The molecular weight excluding hydrogens is 266 g/mol. The lowest BCUT2D eigenvalue weighted by Crippen LogP contribution is -2.40. The second-order valence-electron chi connectivity index (χ2n) is 5.03. The third-order valence-electron chi connectivity index (χ3n) is 1.80. The van der Waals surface area contributed by atoms with Gasteiger partial charge < -0.3 is 19.5 Å². The van der Waals surface area contributed by atoms with Crippen molar-refractivity contribution in [2.45, 2.75) is 39.3 Å². The van der Waals surface area contributed by atoms with Crippen LogP contribution in [0.5, 0.6) is 0 Å². The summed E-state index contributed by atoms with van der Waals surface area (Å²) in [4.78, 5) is 33.4. The van der Waals surface area contributed by atoms with Gasteiger partial charge in [-0.25, -0.2) is 14.4 Å². The molecule has 0 heterocycles. The van der Waals surface area contributed by atoms with Gasteiger partial charge in [0.15, 0.2) is 0 Å². The monoisotopic (exact) mass is 287 g/mol. The number of nitrogens with one attached hydrogen (secondary N) is 1. The van der Waals surface area contributed by atoms with Crippen molar-refractivity contribution in [2.24, 2.45) is 0 Å². The van der Waals surface area contributed by atoms with Gasteiger partial charge in [0, 0.05) is 12.2 Å². The first kappa shape index (κ1) is 17.9. The minimum Gasteiger partial charge on any atom is -0.466 e. The van der Waals surface area contributed by atoms with Crippen LogP contribution in [-0.2, 0) is 23.8 Å². The summed E-state index contributed by atoms with van der Waals surface area (Å²) < 4.78 is 14.2. The molecule has 0 aromatic rings. The van der Waals surface area contributed by atoms with E-state index in [1.165, 1.54) is 7.11 Å². The Hall–Kier alpha value is -2.05. The average Bonchev–Trinajstić information content (AvgIpc) is 2.30. The van der Waals surface area contributed by atoms with E-state index in [1.807, 2.05) is 0 Å². The molecular formula is C13H21NO6. The standard InChI is InChI=1S/C13H21NO6/c1-9(14-12(17)20-13(2,3)4)8-19-11(16)7-6-10(15)18-5/h6-7,9H,8H2,1-5H3,(H,14,17)/b7-6+/t9-/m1/s1. The minimum atomic E-state index is -0.701. The molecule has 0 unspecified atom stereocenters. The second-order valence-corrected chi connectivity index (χ2v) is 5.03. The number of carbonyl (C=O) groups excluding carboxylic acids is 3. The summed E-state index contributed by atoms with van der Waals surface area (Å²) in [7, 11) is 1.20. The van der Waals surface area contributed by atoms with Crippen molar-refractivity contribution in [3.63, 3.8) is 0 Å². The highest BCUT2D eigenvalue weighted by atomic mass is 16.6. The molecule has 0 aliphatic carbocycles. The van der Waals surface area contributed by atoms with E-state index in [2.05, 4.69) is 10.1 Å². The molecule has 0 rings (SSSR count). The van der Waals surface area contributed by atoms with Gasteiger partial charge in [0.2, 0.25) is 0 Å². The van der Waals surface area contributed by atoms with Gasteiger partial charge in [-0.15, -0.1) is 0 Å². The molecule has 0 fully saturated rings. The first-order valence-corrected chi connectivity index (χ1v) is 6.06. The van der Waals surface area contributed by atoms with Crippen molar-refractivity contribution in [2.75, 3.05) is 13.7 Å². The SMILES string of the molecule is COC(=O)/C=C/C(=O)OC[C@@H](C)NC(=O)OC(C)(C)C. The molecule has 0 spiro atoms. The fourth-order valence-electron chi connectivity index (χ4n) is 1.01. The van der Waals surface area contributed by atoms with Crippen LogP contribution in [0.2, 0.25) is 0 Å². The highest BCUT2D eigenvalue weighted by Crippen LogP contribution is 2.06. The molecule has 0 radical (unpaired) electrons. The van der Waals surface area contributed by atoms with Gasteiger partial charge in [-0.05, 0) is 27.7 Å². The number of hydrogen-bond donors (Lipinski definition) is 1. The Morgan fingerprint density at radius 1 is 1.15 bits per heavy atom. The third-order valence-corrected chi connectivity index (χ3v) is 1.80. The molecule has 0 aromatic heterocycles. The Morgan fingerprint density at radius 2 is 1.70 bits per heavy atom. The zero-order valence-corrected chi connectivity index (χ0v) is 12.4. The quantitative estimate of drug-likeness (QED) is 0.464. The van der Waals surface area contributed by atoms with Gasteiger partial charge in [0.1, 0.15) is 12.2 Å². The van der Waals surface area contributed by atoms with Crippen LogP contribution in [0.3, 0.4) is 0 Å². The number of amides is 1. The van der Waals surface area contributed by atoms with Crippen LogP contribution in [0.4, 0.5) is 4.79 Å². The normalized spacial score (nSPS) is 12.7. The zero-order valence-electron chi connectivity index (χ0n) is 12.4. The van der Waals surface area contributed by atoms with Crippen molar-refractivity contribution < 1.29 is 28.6 Å². The summed E-state index contributed by atoms with van der Waals surface area (Å²) in [5.74, 6) is -1.35.